The first-order valence-corrected chi connectivity index (χ1v) is 10.4. The number of benzene rings is 1. The minimum absolute atomic E-state index is 0.0479. The number of hydrogen-bond acceptors (Lipinski definition) is 4. The fraction of sp³-hybridized carbons (Fsp3) is 0.600. The maximum Gasteiger partial charge on any atom is 0.232 e. The molecule has 1 aliphatic rings. The van der Waals surface area contributed by atoms with Gasteiger partial charge in [0.05, 0.1) is 12.9 Å². The molecule has 26 heavy (non-hydrogen) atoms. The summed E-state index contributed by atoms with van der Waals surface area (Å²) in [6.07, 6.45) is 4.87. The van der Waals surface area contributed by atoms with E-state index >= 15 is 0 Å². The Morgan fingerprint density at radius 2 is 2.04 bits per heavy atom. The number of ether oxygens (including phenoxy) is 1. The monoisotopic (exact) mass is 378 g/mol. The van der Waals surface area contributed by atoms with Crippen molar-refractivity contribution in [3.63, 3.8) is 0 Å². The van der Waals surface area contributed by atoms with Gasteiger partial charge in [0, 0.05) is 30.4 Å². The first kappa shape index (κ1) is 20.6. The van der Waals surface area contributed by atoms with Gasteiger partial charge in [-0.2, -0.15) is 0 Å². The SMILES string of the molecule is CCCCCNC(=O)C1CCN(C(=O)CSc2cccc(OC)c2)CC1. The number of thioether (sulfide) groups is 1. The molecule has 1 saturated heterocycles. The summed E-state index contributed by atoms with van der Waals surface area (Å²) >= 11 is 1.52. The lowest BCUT2D eigenvalue weighted by Gasteiger charge is -2.31. The van der Waals surface area contributed by atoms with E-state index in [4.69, 9.17) is 4.74 Å². The van der Waals surface area contributed by atoms with Crippen LogP contribution in [0.15, 0.2) is 29.2 Å². The van der Waals surface area contributed by atoms with Crippen LogP contribution < -0.4 is 10.1 Å². The van der Waals surface area contributed by atoms with Crippen LogP contribution in [0.3, 0.4) is 0 Å². The van der Waals surface area contributed by atoms with Crippen molar-refractivity contribution in [2.75, 3.05) is 32.5 Å². The van der Waals surface area contributed by atoms with Crippen LogP contribution in [0.25, 0.3) is 0 Å². The molecule has 5 nitrogen and oxygen atoms in total. The number of unbranched alkanes of at least 4 members (excludes halogenated alkanes) is 2. The van der Waals surface area contributed by atoms with Gasteiger partial charge in [-0.25, -0.2) is 0 Å². The topological polar surface area (TPSA) is 58.6 Å². The summed E-state index contributed by atoms with van der Waals surface area (Å²) in [5, 5.41) is 3.03. The van der Waals surface area contributed by atoms with Crippen LogP contribution in [0.4, 0.5) is 0 Å². The van der Waals surface area contributed by atoms with Crippen molar-refractivity contribution in [2.24, 2.45) is 5.92 Å². The van der Waals surface area contributed by atoms with Gasteiger partial charge in [0.1, 0.15) is 5.75 Å². The first-order valence-electron chi connectivity index (χ1n) is 9.46. The zero-order valence-corrected chi connectivity index (χ0v) is 16.6. The molecule has 0 saturated carbocycles. The van der Waals surface area contributed by atoms with Gasteiger partial charge < -0.3 is 15.0 Å². The summed E-state index contributed by atoms with van der Waals surface area (Å²) in [5.74, 6) is 1.56. The van der Waals surface area contributed by atoms with Crippen molar-refractivity contribution >= 4 is 23.6 Å². The molecule has 1 aromatic carbocycles. The summed E-state index contributed by atoms with van der Waals surface area (Å²) in [7, 11) is 1.64. The maximum atomic E-state index is 12.4. The lowest BCUT2D eigenvalue weighted by atomic mass is 9.96. The van der Waals surface area contributed by atoms with E-state index in [9.17, 15) is 9.59 Å². The fourth-order valence-corrected chi connectivity index (χ4v) is 3.90. The van der Waals surface area contributed by atoms with Crippen molar-refractivity contribution in [1.29, 1.82) is 0 Å². The maximum absolute atomic E-state index is 12.4. The van der Waals surface area contributed by atoms with E-state index in [-0.39, 0.29) is 17.7 Å². The summed E-state index contributed by atoms with van der Waals surface area (Å²) < 4.78 is 5.21. The minimum Gasteiger partial charge on any atom is -0.497 e. The predicted octanol–water partition coefficient (Wildman–Crippen LogP) is 3.33. The molecule has 0 radical (unpaired) electrons. The van der Waals surface area contributed by atoms with Gasteiger partial charge in [-0.1, -0.05) is 25.8 Å². The van der Waals surface area contributed by atoms with Crippen molar-refractivity contribution < 1.29 is 14.3 Å². The molecule has 0 spiro atoms. The molecule has 144 valence electrons. The highest BCUT2D eigenvalue weighted by atomic mass is 32.2. The molecular weight excluding hydrogens is 348 g/mol. The van der Waals surface area contributed by atoms with E-state index in [1.165, 1.54) is 11.8 Å². The third-order valence-electron chi connectivity index (χ3n) is 4.70. The molecule has 0 bridgehead atoms. The third-order valence-corrected chi connectivity index (χ3v) is 5.68. The van der Waals surface area contributed by atoms with E-state index in [0.717, 1.165) is 49.3 Å². The predicted molar refractivity (Wildman–Crippen MR) is 106 cm³/mol. The number of hydrogen-bond donors (Lipinski definition) is 1. The van der Waals surface area contributed by atoms with Gasteiger partial charge in [0.2, 0.25) is 11.8 Å². The van der Waals surface area contributed by atoms with E-state index in [1.807, 2.05) is 29.2 Å². The highest BCUT2D eigenvalue weighted by Gasteiger charge is 2.26. The number of piperidine rings is 1. The quantitative estimate of drug-likeness (QED) is 0.529. The van der Waals surface area contributed by atoms with Crippen LogP contribution in [-0.4, -0.2) is 49.2 Å². The number of carbonyl (C=O) groups is 2. The normalized spacial score (nSPS) is 14.9. The Hall–Kier alpha value is -1.69. The van der Waals surface area contributed by atoms with Crippen LogP contribution >= 0.6 is 11.8 Å². The van der Waals surface area contributed by atoms with Crippen LogP contribution in [0.5, 0.6) is 5.75 Å². The first-order chi connectivity index (χ1) is 12.6. The highest BCUT2D eigenvalue weighted by molar-refractivity contribution is 8.00. The van der Waals surface area contributed by atoms with Crippen LogP contribution in [0, 0.1) is 5.92 Å². The molecule has 2 amide bonds. The van der Waals surface area contributed by atoms with Gasteiger partial charge in [0.15, 0.2) is 0 Å². The summed E-state index contributed by atoms with van der Waals surface area (Å²) in [6.45, 7) is 4.26. The Morgan fingerprint density at radius 3 is 2.73 bits per heavy atom. The Kier molecular flexibility index (Phi) is 8.81. The molecule has 1 fully saturated rings. The number of nitrogens with zero attached hydrogens (tertiary/aromatic N) is 1. The zero-order chi connectivity index (χ0) is 18.8. The summed E-state index contributed by atoms with van der Waals surface area (Å²) in [6, 6.07) is 7.74. The van der Waals surface area contributed by atoms with E-state index < -0.39 is 0 Å². The molecule has 1 aliphatic heterocycles. The second-order valence-corrected chi connectivity index (χ2v) is 7.67. The van der Waals surface area contributed by atoms with Crippen molar-refractivity contribution in [2.45, 2.75) is 43.9 Å². The van der Waals surface area contributed by atoms with E-state index in [0.29, 0.717) is 18.8 Å². The molecule has 0 aliphatic carbocycles. The molecule has 2 rings (SSSR count). The summed E-state index contributed by atoms with van der Waals surface area (Å²) in [5.41, 5.74) is 0. The molecule has 0 aromatic heterocycles. The Bertz CT molecular complexity index is 586. The summed E-state index contributed by atoms with van der Waals surface area (Å²) in [4.78, 5) is 27.5. The molecule has 0 unspecified atom stereocenters. The molecule has 0 atom stereocenters. The van der Waals surface area contributed by atoms with Gasteiger partial charge in [-0.3, -0.25) is 9.59 Å². The van der Waals surface area contributed by atoms with Gasteiger partial charge in [-0.15, -0.1) is 11.8 Å². The minimum atomic E-state index is 0.0479. The number of nitrogens with one attached hydrogen (secondary N) is 1. The highest BCUT2D eigenvalue weighted by Crippen LogP contribution is 2.24. The lowest BCUT2D eigenvalue weighted by molar-refractivity contribution is -0.133. The molecule has 1 N–H and O–H groups in total. The zero-order valence-electron chi connectivity index (χ0n) is 15.8. The Labute approximate surface area is 160 Å². The largest absolute Gasteiger partial charge is 0.497 e. The molecular formula is C20H30N2O3S. The van der Waals surface area contributed by atoms with Crippen molar-refractivity contribution in [3.8, 4) is 5.75 Å². The van der Waals surface area contributed by atoms with Crippen LogP contribution in [-0.2, 0) is 9.59 Å². The second kappa shape index (κ2) is 11.1. The number of rotatable bonds is 9. The average molecular weight is 379 g/mol. The van der Waals surface area contributed by atoms with Crippen LogP contribution in [0.1, 0.15) is 39.0 Å². The fourth-order valence-electron chi connectivity index (χ4n) is 3.05. The van der Waals surface area contributed by atoms with E-state index in [1.54, 1.807) is 7.11 Å². The number of likely N-dealkylation sites (tertiary alicyclic amines) is 1. The average Bonchev–Trinajstić information content (AvgIpc) is 2.69. The number of methoxy groups -OCH3 is 1. The standard InChI is InChI=1S/C20H30N2O3S/c1-3-4-5-11-21-20(24)16-9-12-22(13-10-16)19(23)15-26-18-8-6-7-17(14-18)25-2/h6-8,14,16H,3-5,9-13,15H2,1-2H3,(H,21,24). The van der Waals surface area contributed by atoms with Crippen molar-refractivity contribution in [1.82, 2.24) is 10.2 Å². The lowest BCUT2D eigenvalue weighted by Crippen LogP contribution is -2.43. The molecule has 1 heterocycles. The van der Waals surface area contributed by atoms with E-state index in [2.05, 4.69) is 12.2 Å². The van der Waals surface area contributed by atoms with Crippen LogP contribution in [0.2, 0.25) is 0 Å². The second-order valence-electron chi connectivity index (χ2n) is 6.62. The van der Waals surface area contributed by atoms with Crippen molar-refractivity contribution in [3.05, 3.63) is 24.3 Å². The Balaban J connectivity index is 1.69. The van der Waals surface area contributed by atoms with Gasteiger partial charge in [0.25, 0.3) is 0 Å². The number of carbonyl (C=O) groups excluding carboxylic acids is 2. The smallest absolute Gasteiger partial charge is 0.232 e. The molecule has 1 aromatic rings. The number of amides is 2. The van der Waals surface area contributed by atoms with Gasteiger partial charge >= 0.3 is 0 Å². The van der Waals surface area contributed by atoms with Gasteiger partial charge in [-0.05, 0) is 37.5 Å². The Morgan fingerprint density at radius 1 is 1.27 bits per heavy atom. The third kappa shape index (κ3) is 6.56. The molecule has 6 heteroatoms.